The minimum Gasteiger partial charge on any atom is -0.449 e. The van der Waals surface area contributed by atoms with Crippen LogP contribution in [0.1, 0.15) is 17.4 Å². The van der Waals surface area contributed by atoms with E-state index in [0.29, 0.717) is 17.0 Å². The number of ether oxygens (including phenoxy) is 1. The summed E-state index contributed by atoms with van der Waals surface area (Å²) < 4.78 is 80.6. The Labute approximate surface area is 171 Å². The lowest BCUT2D eigenvalue weighted by Crippen LogP contribution is -2.45. The van der Waals surface area contributed by atoms with Crippen molar-refractivity contribution in [2.24, 2.45) is 5.73 Å². The van der Waals surface area contributed by atoms with E-state index in [1.807, 2.05) is 0 Å². The molecule has 0 saturated heterocycles. The van der Waals surface area contributed by atoms with Gasteiger partial charge in [0.25, 0.3) is 5.91 Å². The van der Waals surface area contributed by atoms with E-state index in [-0.39, 0.29) is 12.1 Å². The lowest BCUT2D eigenvalue weighted by molar-refractivity contribution is -0.207. The van der Waals surface area contributed by atoms with Gasteiger partial charge in [0.15, 0.2) is 0 Å². The van der Waals surface area contributed by atoms with Gasteiger partial charge in [0.05, 0.1) is 17.4 Å². The highest BCUT2D eigenvalue weighted by Crippen LogP contribution is 2.29. The SMILES string of the molecule is NCc1ccc(-c2ccc([C@H](OC(=O)C(F)(F)F)[C@@H](CF)NC(=O)C(F)F)cc2)nn1. The summed E-state index contributed by atoms with van der Waals surface area (Å²) in [6.45, 7) is -1.42. The van der Waals surface area contributed by atoms with Crippen LogP contribution in [0.2, 0.25) is 0 Å². The maximum absolute atomic E-state index is 13.4. The third-order valence-corrected chi connectivity index (χ3v) is 3.99. The number of nitrogens with one attached hydrogen (secondary N) is 1. The molecule has 7 nitrogen and oxygen atoms in total. The molecule has 31 heavy (non-hydrogen) atoms. The predicted molar refractivity (Wildman–Crippen MR) is 94.2 cm³/mol. The Morgan fingerprint density at radius 1 is 1.06 bits per heavy atom. The third-order valence-electron chi connectivity index (χ3n) is 3.99. The first-order chi connectivity index (χ1) is 14.6. The quantitative estimate of drug-likeness (QED) is 0.473. The summed E-state index contributed by atoms with van der Waals surface area (Å²) in [4.78, 5) is 22.5. The van der Waals surface area contributed by atoms with Crippen LogP contribution in [0, 0.1) is 0 Å². The van der Waals surface area contributed by atoms with Gasteiger partial charge in [0.2, 0.25) is 0 Å². The van der Waals surface area contributed by atoms with Crippen molar-refractivity contribution < 1.29 is 40.7 Å². The number of amides is 1. The first kappa shape index (κ1) is 24.1. The number of aromatic nitrogens is 2. The maximum Gasteiger partial charge on any atom is 0.490 e. The number of carbonyl (C=O) groups excluding carboxylic acids is 2. The molecule has 0 aliphatic rings. The highest BCUT2D eigenvalue weighted by atomic mass is 19.4. The molecular formula is C18H16F6N4O3. The zero-order valence-electron chi connectivity index (χ0n) is 15.6. The van der Waals surface area contributed by atoms with Crippen LogP contribution in [-0.2, 0) is 20.9 Å². The van der Waals surface area contributed by atoms with Crippen LogP contribution in [0.25, 0.3) is 11.3 Å². The van der Waals surface area contributed by atoms with Crippen molar-refractivity contribution in [1.29, 1.82) is 0 Å². The predicted octanol–water partition coefficient (Wildman–Crippen LogP) is 2.47. The van der Waals surface area contributed by atoms with E-state index in [2.05, 4.69) is 14.9 Å². The third kappa shape index (κ3) is 6.38. The molecule has 13 heteroatoms. The minimum atomic E-state index is -5.42. The van der Waals surface area contributed by atoms with E-state index in [4.69, 9.17) is 5.73 Å². The molecule has 3 N–H and O–H groups in total. The lowest BCUT2D eigenvalue weighted by Gasteiger charge is -2.26. The Morgan fingerprint density at radius 2 is 1.71 bits per heavy atom. The van der Waals surface area contributed by atoms with Gasteiger partial charge >= 0.3 is 18.6 Å². The number of hydrogen-bond donors (Lipinski definition) is 2. The summed E-state index contributed by atoms with van der Waals surface area (Å²) >= 11 is 0. The second-order valence-electron chi connectivity index (χ2n) is 6.13. The molecule has 1 aromatic carbocycles. The number of esters is 1. The first-order valence-electron chi connectivity index (χ1n) is 8.62. The van der Waals surface area contributed by atoms with Crippen LogP contribution < -0.4 is 11.1 Å². The summed E-state index contributed by atoms with van der Waals surface area (Å²) in [6, 6.07) is 6.28. The van der Waals surface area contributed by atoms with Gasteiger partial charge in [0, 0.05) is 12.1 Å². The van der Waals surface area contributed by atoms with Gasteiger partial charge in [-0.2, -0.15) is 32.1 Å². The molecule has 0 aliphatic heterocycles. The van der Waals surface area contributed by atoms with Crippen molar-refractivity contribution in [2.75, 3.05) is 6.67 Å². The topological polar surface area (TPSA) is 107 Å². The Balaban J connectivity index is 2.35. The monoisotopic (exact) mass is 450 g/mol. The molecule has 2 rings (SSSR count). The highest BCUT2D eigenvalue weighted by molar-refractivity contribution is 5.80. The van der Waals surface area contributed by atoms with Gasteiger partial charge < -0.3 is 15.8 Å². The summed E-state index contributed by atoms with van der Waals surface area (Å²) in [7, 11) is 0. The maximum atomic E-state index is 13.4. The number of benzene rings is 1. The van der Waals surface area contributed by atoms with Crippen LogP contribution in [-0.4, -0.2) is 47.4 Å². The number of halogens is 6. The zero-order valence-corrected chi connectivity index (χ0v) is 15.6. The average Bonchev–Trinajstić information content (AvgIpc) is 2.75. The molecule has 2 aromatic rings. The number of alkyl halides is 6. The molecule has 1 aromatic heterocycles. The Bertz CT molecular complexity index is 891. The van der Waals surface area contributed by atoms with Crippen LogP contribution >= 0.6 is 0 Å². The molecule has 168 valence electrons. The molecule has 0 unspecified atom stereocenters. The average molecular weight is 450 g/mol. The lowest BCUT2D eigenvalue weighted by atomic mass is 10.00. The van der Waals surface area contributed by atoms with Gasteiger partial charge in [-0.1, -0.05) is 24.3 Å². The number of nitrogens with zero attached hydrogens (tertiary/aromatic N) is 2. The fourth-order valence-corrected chi connectivity index (χ4v) is 2.47. The molecule has 1 amide bonds. The van der Waals surface area contributed by atoms with E-state index >= 15 is 0 Å². The van der Waals surface area contributed by atoms with E-state index in [9.17, 15) is 35.9 Å². The fraction of sp³-hybridized carbons (Fsp3) is 0.333. The molecule has 0 bridgehead atoms. The Hall–Kier alpha value is -3.22. The van der Waals surface area contributed by atoms with Crippen LogP contribution in [0.15, 0.2) is 36.4 Å². The number of rotatable bonds is 8. The van der Waals surface area contributed by atoms with Crippen molar-refractivity contribution in [1.82, 2.24) is 15.5 Å². The fourth-order valence-electron chi connectivity index (χ4n) is 2.47. The minimum absolute atomic E-state index is 0.160. The van der Waals surface area contributed by atoms with Gasteiger partial charge in [-0.25, -0.2) is 9.18 Å². The Morgan fingerprint density at radius 3 is 2.16 bits per heavy atom. The smallest absolute Gasteiger partial charge is 0.449 e. The van der Waals surface area contributed by atoms with Crippen LogP contribution in [0.5, 0.6) is 0 Å². The van der Waals surface area contributed by atoms with Crippen molar-refractivity contribution in [3.63, 3.8) is 0 Å². The van der Waals surface area contributed by atoms with Gasteiger partial charge in [-0.15, -0.1) is 0 Å². The molecule has 0 saturated carbocycles. The number of carbonyl (C=O) groups is 2. The number of nitrogens with two attached hydrogens (primary N) is 1. The second-order valence-corrected chi connectivity index (χ2v) is 6.13. The summed E-state index contributed by atoms with van der Waals surface area (Å²) in [6.07, 6.45) is -11.0. The summed E-state index contributed by atoms with van der Waals surface area (Å²) in [5, 5.41) is 9.31. The van der Waals surface area contributed by atoms with E-state index < -0.39 is 43.3 Å². The standard InChI is InChI=1S/C18H16F6N4O3/c19-7-13(26-16(29)15(20)21)14(31-17(30)18(22,23)24)10-3-1-9(2-4-10)12-6-5-11(8-25)27-28-12/h1-6,13-15H,7-8,25H2,(H,26,29)/t13-,14+/m1/s1. The highest BCUT2D eigenvalue weighted by Gasteiger charge is 2.44. The van der Waals surface area contributed by atoms with Crippen molar-refractivity contribution in [3.05, 3.63) is 47.7 Å². The number of hydrogen-bond acceptors (Lipinski definition) is 6. The van der Waals surface area contributed by atoms with Gasteiger partial charge in [0.1, 0.15) is 12.8 Å². The van der Waals surface area contributed by atoms with E-state index in [1.165, 1.54) is 29.6 Å². The van der Waals surface area contributed by atoms with Crippen molar-refractivity contribution in [3.8, 4) is 11.3 Å². The second kappa shape index (κ2) is 10.2. The summed E-state index contributed by atoms with van der Waals surface area (Å²) in [5.41, 5.74) is 6.59. The normalized spacial score (nSPS) is 13.5. The largest absolute Gasteiger partial charge is 0.490 e. The molecule has 2 atom stereocenters. The molecule has 0 fully saturated rings. The zero-order chi connectivity index (χ0) is 23.2. The molecule has 0 spiro atoms. The first-order valence-corrected chi connectivity index (χ1v) is 8.62. The summed E-state index contributed by atoms with van der Waals surface area (Å²) in [5.74, 6) is -4.60. The Kier molecular flexibility index (Phi) is 7.91. The van der Waals surface area contributed by atoms with E-state index in [1.54, 1.807) is 12.1 Å². The van der Waals surface area contributed by atoms with Crippen LogP contribution in [0.3, 0.4) is 0 Å². The van der Waals surface area contributed by atoms with E-state index in [0.717, 1.165) is 0 Å². The molecule has 0 aliphatic carbocycles. The molecule has 0 radical (unpaired) electrons. The molecular weight excluding hydrogens is 434 g/mol. The van der Waals surface area contributed by atoms with Gasteiger partial charge in [-0.05, 0) is 17.7 Å². The van der Waals surface area contributed by atoms with Gasteiger partial charge in [-0.3, -0.25) is 4.79 Å². The molecule has 1 heterocycles. The van der Waals surface area contributed by atoms with Crippen LogP contribution in [0.4, 0.5) is 26.3 Å². The van der Waals surface area contributed by atoms with Crippen molar-refractivity contribution >= 4 is 11.9 Å². The van der Waals surface area contributed by atoms with Crippen molar-refractivity contribution in [2.45, 2.75) is 31.3 Å².